The first-order valence-electron chi connectivity index (χ1n) is 5.45. The number of rotatable bonds is 5. The summed E-state index contributed by atoms with van der Waals surface area (Å²) in [5, 5.41) is 8.42. The fraction of sp³-hybridized carbons (Fsp3) is 0.250. The number of aliphatic carboxylic acids is 1. The van der Waals surface area contributed by atoms with Crippen LogP contribution >= 0.6 is 0 Å². The van der Waals surface area contributed by atoms with Gasteiger partial charge in [-0.3, -0.25) is 4.79 Å². The number of esters is 1. The highest BCUT2D eigenvalue weighted by Gasteiger charge is 2.20. The second kappa shape index (κ2) is 7.12. The van der Waals surface area contributed by atoms with Gasteiger partial charge in [0.1, 0.15) is 11.8 Å². The number of hydrogen-bond donors (Lipinski definition) is 2. The highest BCUT2D eigenvalue weighted by atomic mass is 16.7. The normalized spacial score (nSPS) is 11.4. The van der Waals surface area contributed by atoms with Crippen LogP contribution in [0.1, 0.15) is 12.8 Å². The fourth-order valence-electron chi connectivity index (χ4n) is 1.16. The van der Waals surface area contributed by atoms with Crippen LogP contribution in [0, 0.1) is 0 Å². The molecule has 0 aliphatic heterocycles. The standard InChI is InChI=1S/C12H13NO6/c13-9(6-7-10(14)15)11(16)19-12(17)18-8-4-2-1-3-5-8/h1-5,9H,6-7,13H2,(H,14,15). The van der Waals surface area contributed by atoms with Crippen LogP contribution in [0.15, 0.2) is 30.3 Å². The van der Waals surface area contributed by atoms with Gasteiger partial charge in [0.05, 0.1) is 0 Å². The van der Waals surface area contributed by atoms with Crippen LogP contribution in [0.4, 0.5) is 4.79 Å². The maximum absolute atomic E-state index is 11.3. The van der Waals surface area contributed by atoms with Crippen LogP contribution in [0.5, 0.6) is 5.75 Å². The van der Waals surface area contributed by atoms with Crippen molar-refractivity contribution in [2.24, 2.45) is 5.73 Å². The molecule has 0 bridgehead atoms. The Morgan fingerprint density at radius 2 is 1.84 bits per heavy atom. The van der Waals surface area contributed by atoms with E-state index in [1.807, 2.05) is 0 Å². The largest absolute Gasteiger partial charge is 0.521 e. The van der Waals surface area contributed by atoms with Gasteiger partial charge < -0.3 is 20.3 Å². The fourth-order valence-corrected chi connectivity index (χ4v) is 1.16. The van der Waals surface area contributed by atoms with Crippen LogP contribution in [0.2, 0.25) is 0 Å². The minimum absolute atomic E-state index is 0.118. The molecule has 3 N–H and O–H groups in total. The van der Waals surface area contributed by atoms with Crippen LogP contribution < -0.4 is 10.5 Å². The minimum atomic E-state index is -1.21. The second-order valence-corrected chi connectivity index (χ2v) is 3.63. The van der Waals surface area contributed by atoms with Crippen LogP contribution in [0.25, 0.3) is 0 Å². The topological polar surface area (TPSA) is 116 Å². The second-order valence-electron chi connectivity index (χ2n) is 3.63. The zero-order valence-corrected chi connectivity index (χ0v) is 9.94. The zero-order chi connectivity index (χ0) is 14.3. The van der Waals surface area contributed by atoms with E-state index in [4.69, 9.17) is 15.6 Å². The molecule has 0 radical (unpaired) electrons. The first kappa shape index (κ1) is 14.7. The molecule has 1 aromatic rings. The number of benzene rings is 1. The van der Waals surface area contributed by atoms with E-state index >= 15 is 0 Å². The Morgan fingerprint density at radius 1 is 1.21 bits per heavy atom. The summed E-state index contributed by atoms with van der Waals surface area (Å²) >= 11 is 0. The molecule has 1 aromatic carbocycles. The summed E-state index contributed by atoms with van der Waals surface area (Å²) in [5.41, 5.74) is 5.36. The van der Waals surface area contributed by atoms with Crippen molar-refractivity contribution in [2.45, 2.75) is 18.9 Å². The van der Waals surface area contributed by atoms with E-state index in [-0.39, 0.29) is 18.6 Å². The van der Waals surface area contributed by atoms with Gasteiger partial charge in [-0.2, -0.15) is 0 Å². The molecule has 0 heterocycles. The predicted molar refractivity (Wildman–Crippen MR) is 63.4 cm³/mol. The molecule has 1 unspecified atom stereocenters. The van der Waals surface area contributed by atoms with Gasteiger partial charge in [0.2, 0.25) is 0 Å². The third-order valence-electron chi connectivity index (χ3n) is 2.10. The lowest BCUT2D eigenvalue weighted by Crippen LogP contribution is -2.35. The first-order chi connectivity index (χ1) is 8.99. The van der Waals surface area contributed by atoms with Crippen molar-refractivity contribution in [3.63, 3.8) is 0 Å². The summed E-state index contributed by atoms with van der Waals surface area (Å²) in [6.07, 6.45) is -1.61. The highest BCUT2D eigenvalue weighted by molar-refractivity contribution is 5.86. The summed E-state index contributed by atoms with van der Waals surface area (Å²) in [4.78, 5) is 32.8. The molecule has 1 atom stereocenters. The van der Waals surface area contributed by atoms with Crippen LogP contribution in [0.3, 0.4) is 0 Å². The van der Waals surface area contributed by atoms with Gasteiger partial charge in [0.25, 0.3) is 0 Å². The van der Waals surface area contributed by atoms with E-state index in [9.17, 15) is 14.4 Å². The smallest absolute Gasteiger partial charge is 0.481 e. The Kier molecular flexibility index (Phi) is 5.49. The number of carbonyl (C=O) groups is 3. The molecule has 0 spiro atoms. The van der Waals surface area contributed by atoms with Gasteiger partial charge in [0.15, 0.2) is 0 Å². The lowest BCUT2D eigenvalue weighted by atomic mass is 10.2. The number of carboxylic acids is 1. The average Bonchev–Trinajstić information content (AvgIpc) is 2.36. The summed E-state index contributed by atoms with van der Waals surface area (Å²) < 4.78 is 9.04. The number of nitrogens with two attached hydrogens (primary N) is 1. The van der Waals surface area contributed by atoms with Crippen molar-refractivity contribution < 1.29 is 29.0 Å². The molecule has 0 saturated heterocycles. The number of hydrogen-bond acceptors (Lipinski definition) is 6. The molecule has 1 rings (SSSR count). The van der Waals surface area contributed by atoms with Gasteiger partial charge in [-0.25, -0.2) is 9.59 Å². The Balaban J connectivity index is 2.39. The van der Waals surface area contributed by atoms with Gasteiger partial charge in [-0.05, 0) is 18.6 Å². The van der Waals surface area contributed by atoms with E-state index in [1.54, 1.807) is 18.2 Å². The Labute approximate surface area is 108 Å². The van der Waals surface area contributed by atoms with Gasteiger partial charge >= 0.3 is 18.1 Å². The van der Waals surface area contributed by atoms with Gasteiger partial charge in [-0.1, -0.05) is 18.2 Å². The molecule has 7 nitrogen and oxygen atoms in total. The molecule has 0 aliphatic rings. The predicted octanol–water partition coefficient (Wildman–Crippen LogP) is 0.921. The lowest BCUT2D eigenvalue weighted by Gasteiger charge is -2.08. The molecule has 0 saturated carbocycles. The highest BCUT2D eigenvalue weighted by Crippen LogP contribution is 2.09. The van der Waals surface area contributed by atoms with Crippen LogP contribution in [-0.4, -0.2) is 29.2 Å². The third kappa shape index (κ3) is 5.64. The van der Waals surface area contributed by atoms with E-state index < -0.39 is 24.1 Å². The minimum Gasteiger partial charge on any atom is -0.481 e. The number of para-hydroxylation sites is 1. The molecule has 0 fully saturated rings. The van der Waals surface area contributed by atoms with Crippen molar-refractivity contribution in [3.8, 4) is 5.75 Å². The molecule has 7 heteroatoms. The number of carbonyl (C=O) groups excluding carboxylic acids is 2. The quantitative estimate of drug-likeness (QED) is 0.463. The monoisotopic (exact) mass is 267 g/mol. The lowest BCUT2D eigenvalue weighted by molar-refractivity contribution is -0.141. The molecule has 19 heavy (non-hydrogen) atoms. The third-order valence-corrected chi connectivity index (χ3v) is 2.10. The van der Waals surface area contributed by atoms with E-state index in [0.717, 1.165) is 0 Å². The Morgan fingerprint density at radius 3 is 2.42 bits per heavy atom. The summed E-state index contributed by atoms with van der Waals surface area (Å²) in [5.74, 6) is -1.89. The molecule has 0 aromatic heterocycles. The van der Waals surface area contributed by atoms with Crippen molar-refractivity contribution in [1.82, 2.24) is 0 Å². The van der Waals surface area contributed by atoms with E-state index in [2.05, 4.69) is 4.74 Å². The Hall–Kier alpha value is -2.41. The number of ether oxygens (including phenoxy) is 2. The molecule has 0 aliphatic carbocycles. The maximum Gasteiger partial charge on any atom is 0.521 e. The molecule has 0 amide bonds. The Bertz CT molecular complexity index is 459. The zero-order valence-electron chi connectivity index (χ0n) is 9.94. The SMILES string of the molecule is NC(CCC(=O)O)C(=O)OC(=O)Oc1ccccc1. The van der Waals surface area contributed by atoms with E-state index in [1.165, 1.54) is 12.1 Å². The first-order valence-corrected chi connectivity index (χ1v) is 5.45. The summed E-state index contributed by atoms with van der Waals surface area (Å²) in [7, 11) is 0. The molecule has 102 valence electrons. The average molecular weight is 267 g/mol. The van der Waals surface area contributed by atoms with Crippen molar-refractivity contribution in [2.75, 3.05) is 0 Å². The summed E-state index contributed by atoms with van der Waals surface area (Å²) in [6.45, 7) is 0. The summed E-state index contributed by atoms with van der Waals surface area (Å²) in [6, 6.07) is 6.85. The van der Waals surface area contributed by atoms with Crippen molar-refractivity contribution >= 4 is 18.1 Å². The van der Waals surface area contributed by atoms with Gasteiger partial charge in [-0.15, -0.1) is 0 Å². The van der Waals surface area contributed by atoms with Gasteiger partial charge in [0, 0.05) is 6.42 Å². The van der Waals surface area contributed by atoms with Crippen molar-refractivity contribution in [3.05, 3.63) is 30.3 Å². The van der Waals surface area contributed by atoms with Crippen LogP contribution in [-0.2, 0) is 14.3 Å². The molecular formula is C12H13NO6. The molecular weight excluding hydrogens is 254 g/mol. The van der Waals surface area contributed by atoms with Crippen molar-refractivity contribution in [1.29, 1.82) is 0 Å². The van der Waals surface area contributed by atoms with E-state index in [0.29, 0.717) is 0 Å². The number of carboxylic acid groups (broad SMARTS) is 1. The maximum atomic E-state index is 11.3.